The maximum absolute atomic E-state index is 14.0. The number of nitrogens with one attached hydrogen (secondary N) is 1. The van der Waals surface area contributed by atoms with Gasteiger partial charge in [0.05, 0.1) is 22.4 Å². The van der Waals surface area contributed by atoms with Crippen LogP contribution in [0.5, 0.6) is 0 Å². The van der Waals surface area contributed by atoms with Crippen molar-refractivity contribution in [3.05, 3.63) is 95.8 Å². The quantitative estimate of drug-likeness (QED) is 0.542. The second-order valence-corrected chi connectivity index (χ2v) is 11.3. The molecule has 33 heavy (non-hydrogen) atoms. The third-order valence-corrected chi connectivity index (χ3v) is 8.25. The smallest absolute Gasteiger partial charge is 0.279 e. The molecule has 1 heterocycles. The van der Waals surface area contributed by atoms with Crippen LogP contribution in [0.2, 0.25) is 0 Å². The van der Waals surface area contributed by atoms with Gasteiger partial charge in [0.2, 0.25) is 10.0 Å². The van der Waals surface area contributed by atoms with Crippen molar-refractivity contribution < 1.29 is 21.2 Å². The highest BCUT2D eigenvalue weighted by Gasteiger charge is 2.37. The van der Waals surface area contributed by atoms with Crippen molar-refractivity contribution in [2.24, 2.45) is 5.10 Å². The lowest BCUT2D eigenvalue weighted by molar-refractivity contribution is 0.370. The molecule has 7 nitrogen and oxygen atoms in total. The summed E-state index contributed by atoms with van der Waals surface area (Å²) in [7, 11) is -7.50. The molecule has 3 aromatic carbocycles. The van der Waals surface area contributed by atoms with E-state index < -0.39 is 31.9 Å². The van der Waals surface area contributed by atoms with Crippen LogP contribution in [0.3, 0.4) is 0 Å². The first kappa shape index (κ1) is 22.9. The van der Waals surface area contributed by atoms with Gasteiger partial charge in [0, 0.05) is 12.1 Å². The van der Waals surface area contributed by atoms with Crippen molar-refractivity contribution >= 4 is 31.4 Å². The second-order valence-electron chi connectivity index (χ2n) is 7.50. The Hall–Kier alpha value is -3.24. The van der Waals surface area contributed by atoms with Gasteiger partial charge in [0.1, 0.15) is 5.82 Å². The zero-order valence-electron chi connectivity index (χ0n) is 17.7. The van der Waals surface area contributed by atoms with Crippen molar-refractivity contribution in [3.8, 4) is 0 Å². The minimum Gasteiger partial charge on any atom is -0.284 e. The monoisotopic (exact) mass is 487 g/mol. The molecule has 0 saturated carbocycles. The average Bonchev–Trinajstić information content (AvgIpc) is 3.26. The lowest BCUT2D eigenvalue weighted by Crippen LogP contribution is -2.27. The molecule has 1 aliphatic rings. The Kier molecular flexibility index (Phi) is 6.22. The zero-order valence-corrected chi connectivity index (χ0v) is 19.4. The molecule has 0 saturated heterocycles. The van der Waals surface area contributed by atoms with Crippen LogP contribution in [0.25, 0.3) is 0 Å². The summed E-state index contributed by atoms with van der Waals surface area (Å²) in [5, 5.41) is 4.41. The molecule has 0 aromatic heterocycles. The molecule has 0 bridgehead atoms. The molecule has 0 spiro atoms. The van der Waals surface area contributed by atoms with E-state index in [0.717, 1.165) is 4.41 Å². The summed E-state index contributed by atoms with van der Waals surface area (Å²) >= 11 is 0. The molecule has 1 aliphatic heterocycles. The van der Waals surface area contributed by atoms with Crippen LogP contribution in [-0.4, -0.2) is 32.7 Å². The lowest BCUT2D eigenvalue weighted by Gasteiger charge is -2.23. The molecule has 0 unspecified atom stereocenters. The van der Waals surface area contributed by atoms with E-state index in [1.54, 1.807) is 48.5 Å². The first-order valence-corrected chi connectivity index (χ1v) is 13.3. The Balaban J connectivity index is 1.77. The largest absolute Gasteiger partial charge is 0.284 e. The summed E-state index contributed by atoms with van der Waals surface area (Å²) in [6.45, 7) is 1.53. The molecule has 1 atom stereocenters. The summed E-state index contributed by atoms with van der Waals surface area (Å²) in [5.41, 5.74) is 1.83. The Morgan fingerprint density at radius 1 is 0.970 bits per heavy atom. The van der Waals surface area contributed by atoms with Crippen molar-refractivity contribution in [1.29, 1.82) is 0 Å². The van der Waals surface area contributed by atoms with E-state index in [2.05, 4.69) is 9.82 Å². The Morgan fingerprint density at radius 2 is 1.70 bits per heavy atom. The molecule has 4 rings (SSSR count). The number of sulfonamides is 2. The third-order valence-electron chi connectivity index (χ3n) is 5.24. The van der Waals surface area contributed by atoms with Crippen molar-refractivity contribution in [3.63, 3.8) is 0 Å². The number of hydrazone groups is 1. The topological polar surface area (TPSA) is 95.9 Å². The molecule has 1 N–H and O–H groups in total. The van der Waals surface area contributed by atoms with Gasteiger partial charge in [0.15, 0.2) is 0 Å². The summed E-state index contributed by atoms with van der Waals surface area (Å²) in [6, 6.07) is 19.5. The first-order chi connectivity index (χ1) is 15.7. The number of hydrogen-bond donors (Lipinski definition) is 1. The summed E-state index contributed by atoms with van der Waals surface area (Å²) in [5.74, 6) is -0.558. The van der Waals surface area contributed by atoms with E-state index >= 15 is 0 Å². The lowest BCUT2D eigenvalue weighted by atomic mass is 9.99. The maximum Gasteiger partial charge on any atom is 0.279 e. The average molecular weight is 488 g/mol. The van der Waals surface area contributed by atoms with Crippen LogP contribution in [0, 0.1) is 5.82 Å². The van der Waals surface area contributed by atoms with Crippen LogP contribution in [0.4, 0.5) is 10.1 Å². The minimum absolute atomic E-state index is 0.0702. The predicted octanol–water partition coefficient (Wildman–Crippen LogP) is 4.13. The molecular formula is C23H22FN3O4S2. The van der Waals surface area contributed by atoms with Crippen molar-refractivity contribution in [2.45, 2.75) is 24.3 Å². The van der Waals surface area contributed by atoms with Gasteiger partial charge in [-0.15, -0.1) is 0 Å². The van der Waals surface area contributed by atoms with Gasteiger partial charge in [-0.25, -0.2) is 12.8 Å². The van der Waals surface area contributed by atoms with E-state index in [1.807, 2.05) is 0 Å². The van der Waals surface area contributed by atoms with Crippen LogP contribution in [0.15, 0.2) is 88.9 Å². The van der Waals surface area contributed by atoms with Gasteiger partial charge in [-0.1, -0.05) is 42.5 Å². The van der Waals surface area contributed by atoms with Gasteiger partial charge >= 0.3 is 0 Å². The number of benzene rings is 3. The molecular weight excluding hydrogens is 465 g/mol. The van der Waals surface area contributed by atoms with Gasteiger partial charge in [0.25, 0.3) is 10.0 Å². The van der Waals surface area contributed by atoms with Crippen LogP contribution in [0.1, 0.15) is 30.5 Å². The van der Waals surface area contributed by atoms with Crippen LogP contribution in [-0.2, 0) is 20.0 Å². The number of halogens is 1. The minimum atomic E-state index is -4.02. The van der Waals surface area contributed by atoms with Crippen LogP contribution >= 0.6 is 0 Å². The first-order valence-electron chi connectivity index (χ1n) is 10.2. The van der Waals surface area contributed by atoms with Gasteiger partial charge in [-0.3, -0.25) is 4.72 Å². The highest BCUT2D eigenvalue weighted by atomic mass is 32.2. The Bertz CT molecular complexity index is 1410. The van der Waals surface area contributed by atoms with Gasteiger partial charge in [-0.2, -0.15) is 17.9 Å². The normalized spacial score (nSPS) is 16.5. The maximum atomic E-state index is 14.0. The predicted molar refractivity (Wildman–Crippen MR) is 125 cm³/mol. The molecule has 0 radical (unpaired) electrons. The van der Waals surface area contributed by atoms with E-state index in [0.29, 0.717) is 22.5 Å². The van der Waals surface area contributed by atoms with Gasteiger partial charge in [-0.05, 0) is 54.4 Å². The number of nitrogens with zero attached hydrogens (tertiary/aromatic N) is 2. The summed E-state index contributed by atoms with van der Waals surface area (Å²) < 4.78 is 68.2. The summed E-state index contributed by atoms with van der Waals surface area (Å²) in [4.78, 5) is 0.0702. The molecule has 172 valence electrons. The third kappa shape index (κ3) is 4.91. The number of rotatable bonds is 7. The summed E-state index contributed by atoms with van der Waals surface area (Å²) in [6.07, 6.45) is 0.194. The number of anilines is 1. The number of hydrogen-bond acceptors (Lipinski definition) is 5. The van der Waals surface area contributed by atoms with E-state index in [1.165, 1.54) is 37.3 Å². The molecule has 0 aliphatic carbocycles. The van der Waals surface area contributed by atoms with E-state index in [-0.39, 0.29) is 17.1 Å². The highest BCUT2D eigenvalue weighted by Crippen LogP contribution is 2.37. The fourth-order valence-corrected chi connectivity index (χ4v) is 5.65. The second kappa shape index (κ2) is 8.95. The fourth-order valence-electron chi connectivity index (χ4n) is 3.56. The molecule has 3 aromatic rings. The molecule has 0 fully saturated rings. The van der Waals surface area contributed by atoms with Crippen molar-refractivity contribution in [2.75, 3.05) is 10.5 Å². The van der Waals surface area contributed by atoms with E-state index in [4.69, 9.17) is 0 Å². The standard InChI is InChI=1S/C23H22FN3O4S2/c1-2-32(28,29)26-20-11-7-8-17(15-20)22-16-23(18-9-6-10-19(24)14-18)27(25-22)33(30,31)21-12-4-3-5-13-21/h3-15,23,26H,2,16H2,1H3/t23-/m1/s1. The Morgan fingerprint density at radius 3 is 2.39 bits per heavy atom. The SMILES string of the molecule is CCS(=O)(=O)Nc1cccc(C2=NN(S(=O)(=O)c3ccccc3)[C@@H](c3cccc(F)c3)C2)c1. The van der Waals surface area contributed by atoms with Crippen LogP contribution < -0.4 is 4.72 Å². The van der Waals surface area contributed by atoms with E-state index in [9.17, 15) is 21.2 Å². The molecule has 0 amide bonds. The van der Waals surface area contributed by atoms with Crippen molar-refractivity contribution in [1.82, 2.24) is 4.41 Å². The molecule has 10 heteroatoms. The Labute approximate surface area is 192 Å². The highest BCUT2D eigenvalue weighted by molar-refractivity contribution is 7.92. The fraction of sp³-hybridized carbons (Fsp3) is 0.174. The zero-order chi connectivity index (χ0) is 23.6. The van der Waals surface area contributed by atoms with Gasteiger partial charge < -0.3 is 0 Å².